The third-order valence-corrected chi connectivity index (χ3v) is 5.09. The first-order valence-corrected chi connectivity index (χ1v) is 6.85. The van der Waals surface area contributed by atoms with Gasteiger partial charge in [-0.25, -0.2) is 0 Å². The average molecular weight is 210 g/mol. The zero-order valence-electron chi connectivity index (χ0n) is 11.7. The Hall–Kier alpha value is 0. The van der Waals surface area contributed by atoms with E-state index in [-0.39, 0.29) is 0 Å². The van der Waals surface area contributed by atoms with Crippen LogP contribution in [0, 0.1) is 22.7 Å². The Labute approximate surface area is 96.8 Å². The Kier molecular flexibility index (Phi) is 3.90. The van der Waals surface area contributed by atoms with Gasteiger partial charge in [0.15, 0.2) is 0 Å². The molecule has 0 radical (unpaired) electrons. The van der Waals surface area contributed by atoms with Crippen molar-refractivity contribution in [3.05, 3.63) is 0 Å². The van der Waals surface area contributed by atoms with Crippen LogP contribution in [-0.4, -0.2) is 0 Å². The number of rotatable bonds is 6. The maximum absolute atomic E-state index is 2.52. The van der Waals surface area contributed by atoms with Gasteiger partial charge in [0.05, 0.1) is 0 Å². The van der Waals surface area contributed by atoms with Crippen molar-refractivity contribution >= 4 is 0 Å². The lowest BCUT2D eigenvalue weighted by atomic mass is 9.79. The highest BCUT2D eigenvalue weighted by Gasteiger charge is 2.61. The summed E-state index contributed by atoms with van der Waals surface area (Å²) < 4.78 is 0. The summed E-state index contributed by atoms with van der Waals surface area (Å²) in [5.41, 5.74) is 1.31. The van der Waals surface area contributed by atoms with Crippen molar-refractivity contribution < 1.29 is 0 Å². The maximum atomic E-state index is 2.52. The van der Waals surface area contributed by atoms with Crippen molar-refractivity contribution in [1.82, 2.24) is 0 Å². The minimum atomic E-state index is 0.651. The summed E-state index contributed by atoms with van der Waals surface area (Å²) in [7, 11) is 0. The van der Waals surface area contributed by atoms with E-state index in [9.17, 15) is 0 Å². The monoisotopic (exact) mass is 210 g/mol. The van der Waals surface area contributed by atoms with E-state index in [4.69, 9.17) is 0 Å². The first kappa shape index (κ1) is 13.1. The van der Waals surface area contributed by atoms with Crippen LogP contribution in [0.25, 0.3) is 0 Å². The molecular formula is C15H30. The van der Waals surface area contributed by atoms with Crippen molar-refractivity contribution in [1.29, 1.82) is 0 Å². The van der Waals surface area contributed by atoms with Crippen LogP contribution in [0.15, 0.2) is 0 Å². The van der Waals surface area contributed by atoms with E-state index in [2.05, 4.69) is 41.5 Å². The summed E-state index contributed by atoms with van der Waals surface area (Å²) in [6.45, 7) is 14.5. The molecule has 0 heteroatoms. The molecule has 0 amide bonds. The fourth-order valence-corrected chi connectivity index (χ4v) is 3.27. The molecule has 15 heavy (non-hydrogen) atoms. The van der Waals surface area contributed by atoms with Gasteiger partial charge in [0.25, 0.3) is 0 Å². The van der Waals surface area contributed by atoms with Crippen LogP contribution in [-0.2, 0) is 0 Å². The lowest BCUT2D eigenvalue weighted by molar-refractivity contribution is 0.240. The predicted molar refractivity (Wildman–Crippen MR) is 69.0 cm³/mol. The SMILES string of the molecule is CCCC(C)C1(C)CC1(C)CCC(C)C. The molecule has 0 aliphatic heterocycles. The minimum Gasteiger partial charge on any atom is -0.0654 e. The number of hydrogen-bond donors (Lipinski definition) is 0. The number of hydrogen-bond acceptors (Lipinski definition) is 0. The molecule has 1 rings (SSSR count). The first-order valence-electron chi connectivity index (χ1n) is 6.85. The van der Waals surface area contributed by atoms with Crippen LogP contribution in [0.1, 0.15) is 73.6 Å². The second-order valence-corrected chi connectivity index (χ2v) is 6.78. The summed E-state index contributed by atoms with van der Waals surface area (Å²) in [5, 5.41) is 0. The lowest BCUT2D eigenvalue weighted by Crippen LogP contribution is -2.17. The van der Waals surface area contributed by atoms with Crippen molar-refractivity contribution in [3.63, 3.8) is 0 Å². The highest BCUT2D eigenvalue weighted by atomic mass is 14.7. The van der Waals surface area contributed by atoms with Crippen molar-refractivity contribution in [2.75, 3.05) is 0 Å². The van der Waals surface area contributed by atoms with Crippen molar-refractivity contribution in [2.45, 2.75) is 73.6 Å². The van der Waals surface area contributed by atoms with E-state index >= 15 is 0 Å². The standard InChI is InChI=1S/C15H30/c1-7-8-13(4)15(6)11-14(15,5)10-9-12(2)3/h12-13H,7-11H2,1-6H3. The van der Waals surface area contributed by atoms with Gasteiger partial charge in [0, 0.05) is 0 Å². The van der Waals surface area contributed by atoms with Gasteiger partial charge in [0.1, 0.15) is 0 Å². The van der Waals surface area contributed by atoms with E-state index in [1.807, 2.05) is 0 Å². The highest BCUT2D eigenvalue weighted by molar-refractivity contribution is 5.11. The first-order chi connectivity index (χ1) is 6.85. The molecule has 0 nitrogen and oxygen atoms in total. The molecule has 1 fully saturated rings. The molecule has 3 atom stereocenters. The van der Waals surface area contributed by atoms with Crippen LogP contribution >= 0.6 is 0 Å². The fraction of sp³-hybridized carbons (Fsp3) is 1.00. The third kappa shape index (κ3) is 2.57. The van der Waals surface area contributed by atoms with Gasteiger partial charge in [-0.3, -0.25) is 0 Å². The third-order valence-electron chi connectivity index (χ3n) is 5.09. The topological polar surface area (TPSA) is 0 Å². The molecule has 0 N–H and O–H groups in total. The molecule has 0 aromatic heterocycles. The molecule has 1 aliphatic rings. The Morgan fingerprint density at radius 3 is 2.13 bits per heavy atom. The van der Waals surface area contributed by atoms with Gasteiger partial charge < -0.3 is 0 Å². The maximum Gasteiger partial charge on any atom is -0.0241 e. The van der Waals surface area contributed by atoms with Crippen molar-refractivity contribution in [2.24, 2.45) is 22.7 Å². The summed E-state index contributed by atoms with van der Waals surface area (Å²) in [6.07, 6.45) is 7.07. The molecule has 1 aliphatic carbocycles. The molecule has 90 valence electrons. The van der Waals surface area contributed by atoms with Gasteiger partial charge in [0.2, 0.25) is 0 Å². The van der Waals surface area contributed by atoms with Crippen LogP contribution in [0.3, 0.4) is 0 Å². The Morgan fingerprint density at radius 1 is 1.07 bits per heavy atom. The quantitative estimate of drug-likeness (QED) is 0.560. The largest absolute Gasteiger partial charge is 0.0654 e. The molecule has 1 saturated carbocycles. The van der Waals surface area contributed by atoms with E-state index in [1.54, 1.807) is 0 Å². The predicted octanol–water partition coefficient (Wildman–Crippen LogP) is 5.28. The smallest absolute Gasteiger partial charge is 0.0241 e. The zero-order chi connectivity index (χ0) is 11.7. The molecular weight excluding hydrogens is 180 g/mol. The zero-order valence-corrected chi connectivity index (χ0v) is 11.7. The van der Waals surface area contributed by atoms with Gasteiger partial charge in [-0.1, -0.05) is 60.8 Å². The summed E-state index contributed by atoms with van der Waals surface area (Å²) in [4.78, 5) is 0. The van der Waals surface area contributed by atoms with Gasteiger partial charge in [-0.2, -0.15) is 0 Å². The van der Waals surface area contributed by atoms with E-state index < -0.39 is 0 Å². The van der Waals surface area contributed by atoms with Gasteiger partial charge >= 0.3 is 0 Å². The summed E-state index contributed by atoms with van der Waals surface area (Å²) in [5.74, 6) is 1.79. The van der Waals surface area contributed by atoms with E-state index in [1.165, 1.54) is 32.1 Å². The van der Waals surface area contributed by atoms with Crippen LogP contribution in [0.5, 0.6) is 0 Å². The molecule has 0 aromatic carbocycles. The normalized spacial score (nSPS) is 37.0. The van der Waals surface area contributed by atoms with E-state index in [0.717, 1.165) is 11.8 Å². The molecule has 0 bridgehead atoms. The van der Waals surface area contributed by atoms with Crippen LogP contribution < -0.4 is 0 Å². The van der Waals surface area contributed by atoms with Crippen LogP contribution in [0.2, 0.25) is 0 Å². The highest BCUT2D eigenvalue weighted by Crippen LogP contribution is 2.70. The second-order valence-electron chi connectivity index (χ2n) is 6.78. The molecule has 0 heterocycles. The van der Waals surface area contributed by atoms with E-state index in [0.29, 0.717) is 10.8 Å². The lowest BCUT2D eigenvalue weighted by Gasteiger charge is -2.25. The minimum absolute atomic E-state index is 0.651. The second kappa shape index (κ2) is 4.47. The summed E-state index contributed by atoms with van der Waals surface area (Å²) >= 11 is 0. The molecule has 0 saturated heterocycles. The average Bonchev–Trinajstić information content (AvgIpc) is 2.69. The Bertz CT molecular complexity index is 206. The van der Waals surface area contributed by atoms with Crippen molar-refractivity contribution in [3.8, 4) is 0 Å². The van der Waals surface area contributed by atoms with Gasteiger partial charge in [-0.15, -0.1) is 0 Å². The fourth-order valence-electron chi connectivity index (χ4n) is 3.27. The van der Waals surface area contributed by atoms with Gasteiger partial charge in [-0.05, 0) is 35.5 Å². The molecule has 0 spiro atoms. The Morgan fingerprint density at radius 2 is 1.67 bits per heavy atom. The Balaban J connectivity index is 2.46. The molecule has 3 unspecified atom stereocenters. The molecule has 0 aromatic rings. The van der Waals surface area contributed by atoms with Crippen LogP contribution in [0.4, 0.5) is 0 Å². The summed E-state index contributed by atoms with van der Waals surface area (Å²) in [6, 6.07) is 0.